The number of hydrogen-bond acceptors (Lipinski definition) is 3. The van der Waals surface area contributed by atoms with Crippen molar-refractivity contribution in [1.29, 1.82) is 0 Å². The molecule has 1 fully saturated rings. The maximum atomic E-state index is 13.0. The minimum Gasteiger partial charge on any atom is -0.264 e. The van der Waals surface area contributed by atoms with Gasteiger partial charge in [0.25, 0.3) is 0 Å². The number of sulfonamides is 1. The van der Waals surface area contributed by atoms with Crippen LogP contribution >= 0.6 is 27.5 Å². The number of aromatic nitrogens is 1. The molecule has 0 aliphatic carbocycles. The molecule has 1 aliphatic heterocycles. The number of pyridine rings is 1. The second-order valence-corrected chi connectivity index (χ2v) is 8.32. The molecule has 2 heterocycles. The molecule has 2 aromatic rings. The molecule has 0 amide bonds. The van der Waals surface area contributed by atoms with Crippen molar-refractivity contribution < 1.29 is 8.42 Å². The standard InChI is InChI=1S/C15H14BrClN2O2S/c16-12-5-6-15(13(17)9-12)22(20,21)19-8-2-4-14(19)11-3-1-7-18-10-11/h1,3,5-7,9-10,14H,2,4,8H2/t14-/m0/s1. The summed E-state index contributed by atoms with van der Waals surface area (Å²) in [5.41, 5.74) is 0.914. The van der Waals surface area contributed by atoms with Crippen molar-refractivity contribution in [2.45, 2.75) is 23.8 Å². The van der Waals surface area contributed by atoms with Crippen molar-refractivity contribution in [3.8, 4) is 0 Å². The molecule has 22 heavy (non-hydrogen) atoms. The average molecular weight is 402 g/mol. The number of nitrogens with zero attached hydrogens (tertiary/aromatic N) is 2. The zero-order valence-electron chi connectivity index (χ0n) is 11.6. The lowest BCUT2D eigenvalue weighted by Gasteiger charge is -2.24. The molecule has 3 rings (SSSR count). The van der Waals surface area contributed by atoms with E-state index < -0.39 is 10.0 Å². The van der Waals surface area contributed by atoms with Crippen LogP contribution in [0.25, 0.3) is 0 Å². The van der Waals surface area contributed by atoms with Gasteiger partial charge in [-0.2, -0.15) is 4.31 Å². The van der Waals surface area contributed by atoms with E-state index in [0.717, 1.165) is 22.9 Å². The Morgan fingerprint density at radius 2 is 2.14 bits per heavy atom. The maximum absolute atomic E-state index is 13.0. The van der Waals surface area contributed by atoms with E-state index in [9.17, 15) is 8.42 Å². The fourth-order valence-electron chi connectivity index (χ4n) is 2.74. The summed E-state index contributed by atoms with van der Waals surface area (Å²) in [5, 5.41) is 0.228. The van der Waals surface area contributed by atoms with Gasteiger partial charge in [0, 0.05) is 23.4 Å². The van der Waals surface area contributed by atoms with E-state index in [2.05, 4.69) is 20.9 Å². The summed E-state index contributed by atoms with van der Waals surface area (Å²) < 4.78 is 28.2. The maximum Gasteiger partial charge on any atom is 0.245 e. The van der Waals surface area contributed by atoms with Crippen molar-refractivity contribution in [1.82, 2.24) is 9.29 Å². The fourth-order valence-corrected chi connectivity index (χ4v) is 5.44. The van der Waals surface area contributed by atoms with Crippen molar-refractivity contribution in [2.24, 2.45) is 0 Å². The molecule has 7 heteroatoms. The Labute approximate surface area is 143 Å². The lowest BCUT2D eigenvalue weighted by atomic mass is 10.1. The quantitative estimate of drug-likeness (QED) is 0.780. The fraction of sp³-hybridized carbons (Fsp3) is 0.267. The van der Waals surface area contributed by atoms with Gasteiger partial charge in [-0.1, -0.05) is 33.6 Å². The molecule has 1 aromatic carbocycles. The molecule has 1 saturated heterocycles. The first-order valence-corrected chi connectivity index (χ1v) is 9.48. The van der Waals surface area contributed by atoms with Gasteiger partial charge in [0.2, 0.25) is 10.0 Å². The lowest BCUT2D eigenvalue weighted by molar-refractivity contribution is 0.396. The third kappa shape index (κ3) is 2.93. The first-order valence-electron chi connectivity index (χ1n) is 6.87. The van der Waals surface area contributed by atoms with E-state index in [0.29, 0.717) is 6.54 Å². The van der Waals surface area contributed by atoms with E-state index in [1.54, 1.807) is 30.6 Å². The molecule has 0 unspecified atom stereocenters. The van der Waals surface area contributed by atoms with Gasteiger partial charge in [0.1, 0.15) is 4.90 Å². The van der Waals surface area contributed by atoms with Gasteiger partial charge in [0.05, 0.1) is 11.1 Å². The SMILES string of the molecule is O=S(=O)(c1ccc(Br)cc1Cl)N1CCC[C@H]1c1cccnc1. The molecule has 4 nitrogen and oxygen atoms in total. The van der Waals surface area contributed by atoms with Crippen LogP contribution in [-0.2, 0) is 10.0 Å². The van der Waals surface area contributed by atoms with Gasteiger partial charge >= 0.3 is 0 Å². The van der Waals surface area contributed by atoms with Crippen LogP contribution < -0.4 is 0 Å². The van der Waals surface area contributed by atoms with Crippen LogP contribution in [0.5, 0.6) is 0 Å². The Kier molecular flexibility index (Phi) is 4.54. The molecule has 0 saturated carbocycles. The second-order valence-electron chi connectivity index (χ2n) is 5.13. The third-order valence-electron chi connectivity index (χ3n) is 3.75. The summed E-state index contributed by atoms with van der Waals surface area (Å²) >= 11 is 9.43. The molecule has 1 aliphatic rings. The first kappa shape index (κ1) is 15.9. The molecular formula is C15H14BrClN2O2S. The Hall–Kier alpha value is -0.950. The average Bonchev–Trinajstić information content (AvgIpc) is 2.98. The molecule has 0 spiro atoms. The predicted molar refractivity (Wildman–Crippen MR) is 89.3 cm³/mol. The van der Waals surface area contributed by atoms with Crippen LogP contribution in [0, 0.1) is 0 Å². The minimum absolute atomic E-state index is 0.146. The molecule has 1 atom stereocenters. The van der Waals surface area contributed by atoms with Crippen LogP contribution in [0.1, 0.15) is 24.4 Å². The number of hydrogen-bond donors (Lipinski definition) is 0. The van der Waals surface area contributed by atoms with Gasteiger partial charge in [-0.15, -0.1) is 0 Å². The molecule has 1 aromatic heterocycles. The van der Waals surface area contributed by atoms with Gasteiger partial charge in [0.15, 0.2) is 0 Å². The van der Waals surface area contributed by atoms with Gasteiger partial charge in [-0.25, -0.2) is 8.42 Å². The van der Waals surface area contributed by atoms with Gasteiger partial charge in [-0.05, 0) is 42.7 Å². The van der Waals surface area contributed by atoms with E-state index in [1.165, 1.54) is 4.31 Å². The van der Waals surface area contributed by atoms with Crippen molar-refractivity contribution >= 4 is 37.6 Å². The topological polar surface area (TPSA) is 50.3 Å². The van der Waals surface area contributed by atoms with E-state index >= 15 is 0 Å². The van der Waals surface area contributed by atoms with Crippen LogP contribution in [0.3, 0.4) is 0 Å². The third-order valence-corrected chi connectivity index (χ3v) is 6.64. The number of benzene rings is 1. The summed E-state index contributed by atoms with van der Waals surface area (Å²) in [6.07, 6.45) is 5.02. The zero-order chi connectivity index (χ0) is 15.7. The highest BCUT2D eigenvalue weighted by atomic mass is 79.9. The van der Waals surface area contributed by atoms with E-state index in [4.69, 9.17) is 11.6 Å². The lowest BCUT2D eigenvalue weighted by Crippen LogP contribution is -2.31. The zero-order valence-corrected chi connectivity index (χ0v) is 14.8. The highest BCUT2D eigenvalue weighted by Crippen LogP contribution is 2.38. The molecule has 0 radical (unpaired) electrons. The Morgan fingerprint density at radius 1 is 1.32 bits per heavy atom. The van der Waals surface area contributed by atoms with Gasteiger partial charge < -0.3 is 0 Å². The first-order chi connectivity index (χ1) is 10.5. The normalized spacial score (nSPS) is 19.5. The van der Waals surface area contributed by atoms with Crippen LogP contribution in [-0.4, -0.2) is 24.3 Å². The molecular weight excluding hydrogens is 388 g/mol. The highest BCUT2D eigenvalue weighted by Gasteiger charge is 2.37. The van der Waals surface area contributed by atoms with Crippen molar-refractivity contribution in [2.75, 3.05) is 6.54 Å². The number of halogens is 2. The van der Waals surface area contributed by atoms with Gasteiger partial charge in [-0.3, -0.25) is 4.98 Å². The number of rotatable bonds is 3. The van der Waals surface area contributed by atoms with Crippen molar-refractivity contribution in [3.63, 3.8) is 0 Å². The molecule has 0 N–H and O–H groups in total. The second kappa shape index (κ2) is 6.28. The van der Waals surface area contributed by atoms with Crippen molar-refractivity contribution in [3.05, 3.63) is 57.8 Å². The summed E-state index contributed by atoms with van der Waals surface area (Å²) in [7, 11) is -3.63. The smallest absolute Gasteiger partial charge is 0.245 e. The Balaban J connectivity index is 2.01. The summed E-state index contributed by atoms with van der Waals surface area (Å²) in [5.74, 6) is 0. The summed E-state index contributed by atoms with van der Waals surface area (Å²) in [6, 6.07) is 8.39. The monoisotopic (exact) mass is 400 g/mol. The summed E-state index contributed by atoms with van der Waals surface area (Å²) in [4.78, 5) is 4.24. The van der Waals surface area contributed by atoms with Crippen LogP contribution in [0.2, 0.25) is 5.02 Å². The van der Waals surface area contributed by atoms with Crippen LogP contribution in [0.4, 0.5) is 0 Å². The van der Waals surface area contributed by atoms with E-state index in [1.807, 2.05) is 12.1 Å². The summed E-state index contributed by atoms with van der Waals surface area (Å²) in [6.45, 7) is 0.494. The Morgan fingerprint density at radius 3 is 2.82 bits per heavy atom. The highest BCUT2D eigenvalue weighted by molar-refractivity contribution is 9.10. The van der Waals surface area contributed by atoms with E-state index in [-0.39, 0.29) is 16.0 Å². The largest absolute Gasteiger partial charge is 0.264 e. The molecule has 0 bridgehead atoms. The van der Waals surface area contributed by atoms with Crippen LogP contribution in [0.15, 0.2) is 52.1 Å². The Bertz CT molecular complexity index is 783. The predicted octanol–water partition coefficient (Wildman–Crippen LogP) is 4.02. The minimum atomic E-state index is -3.63. The molecule has 116 valence electrons.